The summed E-state index contributed by atoms with van der Waals surface area (Å²) in [5.74, 6) is 0. The number of hydrogen-bond acceptors (Lipinski definition) is 1. The van der Waals surface area contributed by atoms with Crippen molar-refractivity contribution in [2.75, 3.05) is 0 Å². The Bertz CT molecular complexity index is 4810. The van der Waals surface area contributed by atoms with Gasteiger partial charge in [-0.15, -0.1) is 0 Å². The van der Waals surface area contributed by atoms with Crippen LogP contribution in [0.1, 0.15) is 30.2 Å². The molecule has 0 atom stereocenters. The molecule has 0 aliphatic heterocycles. The number of rotatable bonds is 5. The number of furan rings is 1. The topological polar surface area (TPSA) is 23.0 Å². The summed E-state index contributed by atoms with van der Waals surface area (Å²) in [4.78, 5) is 0. The van der Waals surface area contributed by atoms with Crippen LogP contribution in [0.3, 0.4) is 0 Å². The SMILES string of the molecule is [2H]c1cc([2H])c([2H])c(-c2c([2H])cc([2H])c(-c3c([2H])c([2H])c([2H])c4oc5c([2H])cc(-n6c7cc([2H])c([2H])c([2H])c7c7c([2H])c(-c8c([2H])c([2H])c9c%10c([2H])c([2H])c([2H])c([2H])c%10n(-c%10ccccc%10)c9c8[2H])cc([2H])c76)cc5c34)c2[2H])c1. The number of benzene rings is 9. The summed E-state index contributed by atoms with van der Waals surface area (Å²) >= 11 is 0. The molecule has 0 saturated carbocycles. The molecule has 0 spiro atoms. The van der Waals surface area contributed by atoms with Crippen molar-refractivity contribution in [3.05, 3.63) is 206 Å². The van der Waals surface area contributed by atoms with E-state index in [2.05, 4.69) is 0 Å². The summed E-state index contributed by atoms with van der Waals surface area (Å²) in [6.45, 7) is 0. The van der Waals surface area contributed by atoms with Gasteiger partial charge in [0.25, 0.3) is 0 Å². The standard InChI is InChI=1S/C54H34N2O/c1-3-13-35(14-4-1)36-15-11-16-39(31-36)42-21-12-24-53-54(42)47-34-41(27-30-52(47)57-53)56-49-23-10-8-20-44(49)46-32-37(26-29-50(46)56)38-25-28-45-43-19-7-9-22-48(43)55(51(45)33-38)40-17-5-2-6-18-40/h1-34H/i3D,4D,7D,8D,9D,10D,12D,13D,15D,16D,19D,20D,21D,22D,24D,25D,28D,29D,30D,31D,32D,33D. The van der Waals surface area contributed by atoms with Crippen molar-refractivity contribution in [2.45, 2.75) is 0 Å². The van der Waals surface area contributed by atoms with Crippen LogP contribution in [0.2, 0.25) is 0 Å². The molecule has 3 nitrogen and oxygen atoms in total. The molecule has 0 bridgehead atoms. The maximum atomic E-state index is 9.97. The summed E-state index contributed by atoms with van der Waals surface area (Å²) in [5, 5.41) is -0.677. The van der Waals surface area contributed by atoms with E-state index in [0.29, 0.717) is 5.69 Å². The molecule has 0 amide bonds. The maximum Gasteiger partial charge on any atom is 0.136 e. The first-order chi connectivity index (χ1) is 37.4. The number of hydrogen-bond donors (Lipinski definition) is 0. The fraction of sp³-hybridized carbons (Fsp3) is 0. The van der Waals surface area contributed by atoms with Gasteiger partial charge in [0.15, 0.2) is 0 Å². The maximum absolute atomic E-state index is 9.97. The molecule has 12 rings (SSSR count). The van der Waals surface area contributed by atoms with E-state index in [1.54, 1.807) is 30.3 Å². The van der Waals surface area contributed by atoms with Gasteiger partial charge in [0.1, 0.15) is 11.2 Å². The van der Waals surface area contributed by atoms with Crippen LogP contribution in [0.15, 0.2) is 210 Å². The summed E-state index contributed by atoms with van der Waals surface area (Å²) in [6.07, 6.45) is 0. The van der Waals surface area contributed by atoms with Crippen molar-refractivity contribution in [3.8, 4) is 44.8 Å². The monoisotopic (exact) mass is 748 g/mol. The first-order valence-corrected chi connectivity index (χ1v) is 17.7. The van der Waals surface area contributed by atoms with E-state index < -0.39 is 115 Å². The first-order valence-electron chi connectivity index (χ1n) is 28.7. The Morgan fingerprint density at radius 1 is 0.368 bits per heavy atom. The Kier molecular flexibility index (Phi) is 3.72. The Morgan fingerprint density at radius 2 is 1.18 bits per heavy atom. The molecule has 0 N–H and O–H groups in total. The third-order valence-electron chi connectivity index (χ3n) is 9.98. The third kappa shape index (κ3) is 4.92. The van der Waals surface area contributed by atoms with Gasteiger partial charge in [-0.3, -0.25) is 0 Å². The molecular weight excluding hydrogens is 693 g/mol. The molecule has 0 fully saturated rings. The lowest BCUT2D eigenvalue weighted by atomic mass is 9.96. The quantitative estimate of drug-likeness (QED) is 0.172. The van der Waals surface area contributed by atoms with E-state index in [1.807, 2.05) is 0 Å². The highest BCUT2D eigenvalue weighted by Gasteiger charge is 2.18. The molecule has 266 valence electrons. The van der Waals surface area contributed by atoms with Crippen LogP contribution < -0.4 is 0 Å². The third-order valence-corrected chi connectivity index (χ3v) is 9.98. The average molecular weight is 749 g/mol. The lowest BCUT2D eigenvalue weighted by Crippen LogP contribution is -1.94. The Labute approximate surface area is 359 Å². The van der Waals surface area contributed by atoms with Gasteiger partial charge in [-0.05, 0) is 106 Å². The molecule has 9 aromatic carbocycles. The van der Waals surface area contributed by atoms with E-state index in [1.165, 1.54) is 39.5 Å². The molecule has 3 heterocycles. The van der Waals surface area contributed by atoms with Gasteiger partial charge in [0, 0.05) is 43.7 Å². The van der Waals surface area contributed by atoms with Gasteiger partial charge < -0.3 is 13.6 Å². The van der Waals surface area contributed by atoms with E-state index in [4.69, 9.17) is 22.2 Å². The van der Waals surface area contributed by atoms with Crippen molar-refractivity contribution < 1.29 is 34.6 Å². The minimum Gasteiger partial charge on any atom is -0.456 e. The minimum atomic E-state index is -0.681. The van der Waals surface area contributed by atoms with Crippen LogP contribution in [0.25, 0.3) is 110 Å². The van der Waals surface area contributed by atoms with Crippen LogP contribution >= 0.6 is 0 Å². The predicted molar refractivity (Wildman–Crippen MR) is 239 cm³/mol. The highest BCUT2D eigenvalue weighted by Crippen LogP contribution is 2.41. The van der Waals surface area contributed by atoms with Crippen LogP contribution in [-0.4, -0.2) is 9.13 Å². The molecule has 12 aromatic rings. The lowest BCUT2D eigenvalue weighted by Gasteiger charge is -2.10. The zero-order chi connectivity index (χ0) is 56.6. The molecule has 0 aliphatic carbocycles. The van der Waals surface area contributed by atoms with Crippen molar-refractivity contribution in [2.24, 2.45) is 0 Å². The average Bonchev–Trinajstić information content (AvgIpc) is 3.05. The van der Waals surface area contributed by atoms with Crippen molar-refractivity contribution in [1.29, 1.82) is 0 Å². The number of aromatic nitrogens is 2. The highest BCUT2D eigenvalue weighted by molar-refractivity contribution is 6.15. The number of fused-ring (bicyclic) bond motifs is 9. The Balaban J connectivity index is 1.18. The number of nitrogens with zero attached hydrogens (tertiary/aromatic N) is 2. The van der Waals surface area contributed by atoms with Gasteiger partial charge in [-0.25, -0.2) is 0 Å². The second-order valence-electron chi connectivity index (χ2n) is 13.2. The lowest BCUT2D eigenvalue weighted by molar-refractivity contribution is 0.669. The van der Waals surface area contributed by atoms with E-state index in [9.17, 15) is 12.3 Å². The van der Waals surface area contributed by atoms with Gasteiger partial charge in [0.2, 0.25) is 0 Å². The van der Waals surface area contributed by atoms with Crippen LogP contribution in [0, 0.1) is 0 Å². The van der Waals surface area contributed by atoms with E-state index in [-0.39, 0.29) is 123 Å². The zero-order valence-corrected chi connectivity index (χ0v) is 29.2. The van der Waals surface area contributed by atoms with Gasteiger partial charge in [0.05, 0.1) is 52.2 Å². The van der Waals surface area contributed by atoms with Crippen molar-refractivity contribution in [1.82, 2.24) is 9.13 Å². The van der Waals surface area contributed by atoms with E-state index in [0.717, 1.165) is 12.1 Å². The largest absolute Gasteiger partial charge is 0.456 e. The molecule has 0 radical (unpaired) electrons. The van der Waals surface area contributed by atoms with Crippen LogP contribution in [0.5, 0.6) is 0 Å². The van der Waals surface area contributed by atoms with Gasteiger partial charge >= 0.3 is 0 Å². The summed E-state index contributed by atoms with van der Waals surface area (Å²) in [5.41, 5.74) is -2.07. The van der Waals surface area contributed by atoms with Crippen molar-refractivity contribution >= 4 is 65.6 Å². The van der Waals surface area contributed by atoms with Crippen LogP contribution in [-0.2, 0) is 0 Å². The smallest absolute Gasteiger partial charge is 0.136 e. The minimum absolute atomic E-state index is 0.00865. The fourth-order valence-corrected chi connectivity index (χ4v) is 7.50. The van der Waals surface area contributed by atoms with Crippen LogP contribution in [0.4, 0.5) is 0 Å². The van der Waals surface area contributed by atoms with Gasteiger partial charge in [-0.1, -0.05) is 133 Å². The molecule has 3 heteroatoms. The molecule has 0 aliphatic rings. The fourth-order valence-electron chi connectivity index (χ4n) is 7.50. The molecule has 3 aromatic heterocycles. The molecule has 0 saturated heterocycles. The van der Waals surface area contributed by atoms with Gasteiger partial charge in [-0.2, -0.15) is 0 Å². The first kappa shape index (κ1) is 17.0. The summed E-state index contributed by atoms with van der Waals surface area (Å²) in [6, 6.07) is 5.82. The summed E-state index contributed by atoms with van der Waals surface area (Å²) in [7, 11) is 0. The zero-order valence-electron chi connectivity index (χ0n) is 51.2. The number of para-hydroxylation sites is 3. The normalized spacial score (nSPS) is 17.3. The molecule has 0 unspecified atom stereocenters. The predicted octanol–water partition coefficient (Wildman–Crippen LogP) is 14.8. The van der Waals surface area contributed by atoms with E-state index >= 15 is 0 Å². The second kappa shape index (κ2) is 12.5. The molecular formula is C54H34N2O. The highest BCUT2D eigenvalue weighted by atomic mass is 16.3. The molecule has 57 heavy (non-hydrogen) atoms. The Morgan fingerprint density at radius 3 is 2.12 bits per heavy atom. The van der Waals surface area contributed by atoms with Crippen molar-refractivity contribution in [3.63, 3.8) is 0 Å². The second-order valence-corrected chi connectivity index (χ2v) is 13.2. The summed E-state index contributed by atoms with van der Waals surface area (Å²) < 4.78 is 208. The Hall–Kier alpha value is -7.62.